The number of aryl methyl sites for hydroxylation is 1. The molecule has 0 bridgehead atoms. The number of hydrogen-bond acceptors (Lipinski definition) is 2. The van der Waals surface area contributed by atoms with E-state index in [0.29, 0.717) is 18.4 Å². The molecule has 3 N–H and O–H groups in total. The van der Waals surface area contributed by atoms with E-state index in [2.05, 4.69) is 0 Å². The molecule has 0 spiro atoms. The van der Waals surface area contributed by atoms with Gasteiger partial charge < -0.3 is 10.8 Å². The summed E-state index contributed by atoms with van der Waals surface area (Å²) in [6.45, 7) is 1.82. The van der Waals surface area contributed by atoms with Gasteiger partial charge in [-0.25, -0.2) is 8.78 Å². The van der Waals surface area contributed by atoms with Gasteiger partial charge in [-0.15, -0.1) is 0 Å². The van der Waals surface area contributed by atoms with E-state index in [9.17, 15) is 13.9 Å². The first-order chi connectivity index (χ1) is 6.50. The summed E-state index contributed by atoms with van der Waals surface area (Å²) in [7, 11) is 0. The van der Waals surface area contributed by atoms with E-state index in [1.54, 1.807) is 0 Å². The minimum absolute atomic E-state index is 0.0254. The van der Waals surface area contributed by atoms with Gasteiger partial charge in [0, 0.05) is 12.1 Å². The number of halogens is 2. The van der Waals surface area contributed by atoms with Crippen molar-refractivity contribution in [1.29, 1.82) is 0 Å². The Morgan fingerprint density at radius 2 is 1.93 bits per heavy atom. The number of hydrogen-bond donors (Lipinski definition) is 2. The first-order valence-corrected chi connectivity index (χ1v) is 4.43. The predicted molar refractivity (Wildman–Crippen MR) is 50.0 cm³/mol. The highest BCUT2D eigenvalue weighted by Gasteiger charge is 2.09. The van der Waals surface area contributed by atoms with Gasteiger partial charge in [0.2, 0.25) is 0 Å². The van der Waals surface area contributed by atoms with Crippen molar-refractivity contribution >= 4 is 0 Å². The summed E-state index contributed by atoms with van der Waals surface area (Å²) in [6.07, 6.45) is 1.07. The first kappa shape index (κ1) is 10.9. The second kappa shape index (κ2) is 4.37. The van der Waals surface area contributed by atoms with Crippen LogP contribution in [0.4, 0.5) is 8.78 Å². The van der Waals surface area contributed by atoms with Crippen LogP contribution in [0.1, 0.15) is 18.9 Å². The SMILES string of the molecule is CC(N)CCc1cc(F)c(F)cc1O. The van der Waals surface area contributed by atoms with Crippen LogP contribution in [0.2, 0.25) is 0 Å². The van der Waals surface area contributed by atoms with E-state index >= 15 is 0 Å². The Bertz CT molecular complexity index is 326. The Labute approximate surface area is 81.4 Å². The molecule has 0 aliphatic carbocycles. The van der Waals surface area contributed by atoms with Crippen LogP contribution in [0.3, 0.4) is 0 Å². The molecule has 0 aliphatic heterocycles. The maximum atomic E-state index is 12.8. The lowest BCUT2D eigenvalue weighted by atomic mass is 10.1. The molecule has 0 saturated carbocycles. The molecule has 4 heteroatoms. The standard InChI is InChI=1S/C10H13F2NO/c1-6(13)2-3-7-4-8(11)9(12)5-10(7)14/h4-6,14H,2-3,13H2,1H3. The molecular formula is C10H13F2NO. The molecule has 1 atom stereocenters. The number of nitrogens with two attached hydrogens (primary N) is 1. The van der Waals surface area contributed by atoms with Gasteiger partial charge >= 0.3 is 0 Å². The predicted octanol–water partition coefficient (Wildman–Crippen LogP) is 1.95. The summed E-state index contributed by atoms with van der Waals surface area (Å²) in [5, 5.41) is 9.28. The van der Waals surface area contributed by atoms with Gasteiger partial charge in [0.25, 0.3) is 0 Å². The van der Waals surface area contributed by atoms with Gasteiger partial charge in [0.05, 0.1) is 0 Å². The molecule has 0 saturated heterocycles. The third-order valence-corrected chi connectivity index (χ3v) is 1.99. The molecule has 0 heterocycles. The smallest absolute Gasteiger partial charge is 0.162 e. The van der Waals surface area contributed by atoms with Crippen LogP contribution in [0, 0.1) is 11.6 Å². The van der Waals surface area contributed by atoms with E-state index in [0.717, 1.165) is 12.1 Å². The van der Waals surface area contributed by atoms with Gasteiger partial charge in [-0.05, 0) is 31.4 Å². The summed E-state index contributed by atoms with van der Waals surface area (Å²) < 4.78 is 25.4. The van der Waals surface area contributed by atoms with Crippen molar-refractivity contribution < 1.29 is 13.9 Å². The second-order valence-corrected chi connectivity index (χ2v) is 3.41. The number of phenolic OH excluding ortho intramolecular Hbond substituents is 1. The molecule has 78 valence electrons. The van der Waals surface area contributed by atoms with Gasteiger partial charge in [-0.2, -0.15) is 0 Å². The largest absolute Gasteiger partial charge is 0.508 e. The molecule has 14 heavy (non-hydrogen) atoms. The van der Waals surface area contributed by atoms with Gasteiger partial charge in [-0.3, -0.25) is 0 Å². The van der Waals surface area contributed by atoms with Crippen LogP contribution < -0.4 is 5.73 Å². The van der Waals surface area contributed by atoms with Gasteiger partial charge in [0.1, 0.15) is 5.75 Å². The summed E-state index contributed by atoms with van der Waals surface area (Å²) >= 11 is 0. The Morgan fingerprint density at radius 3 is 2.50 bits per heavy atom. The third-order valence-electron chi connectivity index (χ3n) is 1.99. The van der Waals surface area contributed by atoms with Crippen LogP contribution in [0.25, 0.3) is 0 Å². The van der Waals surface area contributed by atoms with Gasteiger partial charge in [-0.1, -0.05) is 0 Å². The van der Waals surface area contributed by atoms with Gasteiger partial charge in [0.15, 0.2) is 11.6 Å². The van der Waals surface area contributed by atoms with E-state index < -0.39 is 11.6 Å². The van der Waals surface area contributed by atoms with E-state index in [-0.39, 0.29) is 11.8 Å². The van der Waals surface area contributed by atoms with Crippen LogP contribution in [0.15, 0.2) is 12.1 Å². The lowest BCUT2D eigenvalue weighted by Gasteiger charge is -2.07. The highest BCUT2D eigenvalue weighted by Crippen LogP contribution is 2.22. The van der Waals surface area contributed by atoms with Crippen molar-refractivity contribution in [1.82, 2.24) is 0 Å². The third kappa shape index (κ3) is 2.67. The van der Waals surface area contributed by atoms with E-state index in [1.807, 2.05) is 6.92 Å². The molecule has 2 nitrogen and oxygen atoms in total. The molecule has 1 unspecified atom stereocenters. The molecule has 1 aromatic carbocycles. The van der Waals surface area contributed by atoms with Crippen molar-refractivity contribution in [3.05, 3.63) is 29.3 Å². The molecule has 1 rings (SSSR count). The number of rotatable bonds is 3. The lowest BCUT2D eigenvalue weighted by Crippen LogP contribution is -2.15. The fourth-order valence-corrected chi connectivity index (χ4v) is 1.16. The highest BCUT2D eigenvalue weighted by atomic mass is 19.2. The second-order valence-electron chi connectivity index (χ2n) is 3.41. The van der Waals surface area contributed by atoms with Crippen molar-refractivity contribution in [2.75, 3.05) is 0 Å². The Hall–Kier alpha value is -1.16. The maximum absolute atomic E-state index is 12.8. The first-order valence-electron chi connectivity index (χ1n) is 4.43. The lowest BCUT2D eigenvalue weighted by molar-refractivity contribution is 0.445. The quantitative estimate of drug-likeness (QED) is 0.785. The minimum Gasteiger partial charge on any atom is -0.508 e. The fourth-order valence-electron chi connectivity index (χ4n) is 1.16. The Morgan fingerprint density at radius 1 is 1.36 bits per heavy atom. The zero-order valence-corrected chi connectivity index (χ0v) is 7.93. The average Bonchev–Trinajstić information content (AvgIpc) is 2.09. The molecule has 0 amide bonds. The van der Waals surface area contributed by atoms with Crippen LogP contribution in [-0.2, 0) is 6.42 Å². The summed E-state index contributed by atoms with van der Waals surface area (Å²) in [5.74, 6) is -2.20. The van der Waals surface area contributed by atoms with Crippen molar-refractivity contribution in [2.45, 2.75) is 25.8 Å². The minimum atomic E-state index is -1.04. The fraction of sp³-hybridized carbons (Fsp3) is 0.400. The molecule has 0 fully saturated rings. The number of benzene rings is 1. The Kier molecular flexibility index (Phi) is 3.41. The average molecular weight is 201 g/mol. The number of phenols is 1. The summed E-state index contributed by atoms with van der Waals surface area (Å²) in [6, 6.07) is 1.77. The Balaban J connectivity index is 2.82. The van der Waals surface area contributed by atoms with Crippen LogP contribution in [0.5, 0.6) is 5.75 Å². The highest BCUT2D eigenvalue weighted by molar-refractivity contribution is 5.33. The van der Waals surface area contributed by atoms with Crippen LogP contribution >= 0.6 is 0 Å². The molecule has 0 aliphatic rings. The van der Waals surface area contributed by atoms with Crippen molar-refractivity contribution in [3.8, 4) is 5.75 Å². The zero-order valence-electron chi connectivity index (χ0n) is 7.93. The normalized spacial score (nSPS) is 12.9. The molecule has 1 aromatic rings. The monoisotopic (exact) mass is 201 g/mol. The van der Waals surface area contributed by atoms with E-state index in [1.165, 1.54) is 0 Å². The maximum Gasteiger partial charge on any atom is 0.162 e. The van der Waals surface area contributed by atoms with Crippen molar-refractivity contribution in [2.24, 2.45) is 5.73 Å². The topological polar surface area (TPSA) is 46.2 Å². The summed E-state index contributed by atoms with van der Waals surface area (Å²) in [4.78, 5) is 0. The molecular weight excluding hydrogens is 188 g/mol. The van der Waals surface area contributed by atoms with Crippen molar-refractivity contribution in [3.63, 3.8) is 0 Å². The molecule has 0 radical (unpaired) electrons. The summed E-state index contributed by atoms with van der Waals surface area (Å²) in [5.41, 5.74) is 5.90. The van der Waals surface area contributed by atoms with E-state index in [4.69, 9.17) is 5.73 Å². The zero-order chi connectivity index (χ0) is 10.7. The molecule has 0 aromatic heterocycles. The van der Waals surface area contributed by atoms with Crippen LogP contribution in [-0.4, -0.2) is 11.1 Å². The number of aromatic hydroxyl groups is 1.